The van der Waals surface area contributed by atoms with E-state index in [0.29, 0.717) is 11.4 Å². The molecule has 0 heterocycles. The van der Waals surface area contributed by atoms with Gasteiger partial charge in [-0.05, 0) is 74.4 Å². The van der Waals surface area contributed by atoms with Crippen molar-refractivity contribution >= 4 is 33.2 Å². The van der Waals surface area contributed by atoms with Gasteiger partial charge in [-0.15, -0.1) is 0 Å². The average Bonchev–Trinajstić information content (AvgIpc) is 2.78. The van der Waals surface area contributed by atoms with Gasteiger partial charge in [-0.1, -0.05) is 29.8 Å². The van der Waals surface area contributed by atoms with Crippen molar-refractivity contribution < 1.29 is 18.0 Å². The Kier molecular flexibility index (Phi) is 7.18. The van der Waals surface area contributed by atoms with Gasteiger partial charge in [0.1, 0.15) is 0 Å². The lowest BCUT2D eigenvalue weighted by molar-refractivity contribution is -0.116. The third-order valence-corrected chi connectivity index (χ3v) is 6.72. The summed E-state index contributed by atoms with van der Waals surface area (Å²) in [4.78, 5) is 26.5. The van der Waals surface area contributed by atoms with Crippen molar-refractivity contribution in [1.29, 1.82) is 0 Å². The lowest BCUT2D eigenvalue weighted by atomic mass is 10.1. The van der Waals surface area contributed by atoms with Gasteiger partial charge in [-0.25, -0.2) is 8.42 Å². The summed E-state index contributed by atoms with van der Waals surface area (Å²) in [5, 5.41) is 2.82. The van der Waals surface area contributed by atoms with Gasteiger partial charge in [-0.3, -0.25) is 14.3 Å². The molecule has 3 aromatic rings. The monoisotopic (exact) mass is 465 g/mol. The van der Waals surface area contributed by atoms with Gasteiger partial charge in [0, 0.05) is 24.0 Å². The van der Waals surface area contributed by atoms with Crippen LogP contribution in [-0.2, 0) is 14.8 Å². The first-order chi connectivity index (χ1) is 15.6. The minimum Gasteiger partial charge on any atom is -0.332 e. The van der Waals surface area contributed by atoms with E-state index in [9.17, 15) is 18.0 Å². The number of aryl methyl sites for hydroxylation is 2. The van der Waals surface area contributed by atoms with Crippen LogP contribution in [0.25, 0.3) is 0 Å². The van der Waals surface area contributed by atoms with Crippen LogP contribution in [0.3, 0.4) is 0 Å². The van der Waals surface area contributed by atoms with Crippen LogP contribution in [0.5, 0.6) is 0 Å². The summed E-state index contributed by atoms with van der Waals surface area (Å²) >= 11 is 0. The van der Waals surface area contributed by atoms with Crippen molar-refractivity contribution in [3.63, 3.8) is 0 Å². The minimum atomic E-state index is -3.79. The summed E-state index contributed by atoms with van der Waals surface area (Å²) in [5.74, 6) is -0.706. The highest BCUT2D eigenvalue weighted by Gasteiger charge is 2.18. The molecule has 0 bridgehead atoms. The Balaban J connectivity index is 1.64. The van der Waals surface area contributed by atoms with Gasteiger partial charge >= 0.3 is 0 Å². The Morgan fingerprint density at radius 1 is 0.879 bits per heavy atom. The van der Waals surface area contributed by atoms with Gasteiger partial charge < -0.3 is 10.2 Å². The van der Waals surface area contributed by atoms with E-state index >= 15 is 0 Å². The number of likely N-dealkylation sites (N-methyl/N-ethyl adjacent to an activating group) is 1. The molecule has 0 atom stereocenters. The van der Waals surface area contributed by atoms with Crippen molar-refractivity contribution in [1.82, 2.24) is 4.90 Å². The number of rotatable bonds is 7. The number of carbonyl (C=O) groups is 2. The normalized spacial score (nSPS) is 11.0. The quantitative estimate of drug-likeness (QED) is 0.549. The molecule has 3 aromatic carbocycles. The van der Waals surface area contributed by atoms with Crippen LogP contribution in [-0.4, -0.2) is 38.7 Å². The highest BCUT2D eigenvalue weighted by Crippen LogP contribution is 2.19. The molecule has 2 N–H and O–H groups in total. The van der Waals surface area contributed by atoms with Crippen molar-refractivity contribution in [2.24, 2.45) is 0 Å². The number of hydrogen-bond acceptors (Lipinski definition) is 4. The minimum absolute atomic E-state index is 0.0370. The predicted octanol–water partition coefficient (Wildman–Crippen LogP) is 4.12. The Labute approximate surface area is 194 Å². The number of sulfonamides is 1. The maximum absolute atomic E-state index is 12.7. The molecule has 0 fully saturated rings. The first-order valence-electron chi connectivity index (χ1n) is 10.4. The highest BCUT2D eigenvalue weighted by molar-refractivity contribution is 7.92. The second kappa shape index (κ2) is 9.87. The Morgan fingerprint density at radius 2 is 1.52 bits per heavy atom. The zero-order valence-electron chi connectivity index (χ0n) is 19.0. The van der Waals surface area contributed by atoms with Crippen LogP contribution in [0.1, 0.15) is 27.0 Å². The molecule has 8 heteroatoms. The van der Waals surface area contributed by atoms with E-state index in [0.717, 1.165) is 16.7 Å². The molecule has 172 valence electrons. The zero-order valence-corrected chi connectivity index (χ0v) is 19.9. The molecule has 0 aliphatic carbocycles. The number of amides is 2. The van der Waals surface area contributed by atoms with Crippen LogP contribution in [0.2, 0.25) is 0 Å². The fraction of sp³-hybridized carbons (Fsp3) is 0.200. The number of nitrogens with zero attached hydrogens (tertiary/aromatic N) is 1. The molecule has 2 amide bonds. The van der Waals surface area contributed by atoms with Crippen molar-refractivity contribution in [2.75, 3.05) is 23.6 Å². The third kappa shape index (κ3) is 5.98. The number of anilines is 2. The van der Waals surface area contributed by atoms with Gasteiger partial charge in [0.15, 0.2) is 0 Å². The summed E-state index contributed by atoms with van der Waals surface area (Å²) < 4.78 is 27.7. The molecular formula is C25H27N3O4S. The second-order valence-electron chi connectivity index (χ2n) is 7.95. The summed E-state index contributed by atoms with van der Waals surface area (Å²) in [6, 6.07) is 18.2. The zero-order chi connectivity index (χ0) is 24.2. The van der Waals surface area contributed by atoms with E-state index in [2.05, 4.69) is 10.0 Å². The largest absolute Gasteiger partial charge is 0.332 e. The number of benzene rings is 3. The van der Waals surface area contributed by atoms with E-state index in [1.165, 1.54) is 36.2 Å². The Morgan fingerprint density at radius 3 is 2.15 bits per heavy atom. The van der Waals surface area contributed by atoms with Crippen molar-refractivity contribution in [3.05, 3.63) is 89.0 Å². The molecule has 0 aliphatic rings. The van der Waals surface area contributed by atoms with E-state index < -0.39 is 10.0 Å². The predicted molar refractivity (Wildman–Crippen MR) is 130 cm³/mol. The van der Waals surface area contributed by atoms with Crippen LogP contribution in [0, 0.1) is 20.8 Å². The lowest BCUT2D eigenvalue weighted by Crippen LogP contribution is -2.35. The summed E-state index contributed by atoms with van der Waals surface area (Å²) in [7, 11) is -2.27. The van der Waals surface area contributed by atoms with E-state index in [1.54, 1.807) is 12.1 Å². The van der Waals surface area contributed by atoms with Crippen LogP contribution in [0.4, 0.5) is 11.4 Å². The van der Waals surface area contributed by atoms with Gasteiger partial charge in [-0.2, -0.15) is 0 Å². The molecule has 3 rings (SSSR count). The number of hydrogen-bond donors (Lipinski definition) is 2. The van der Waals surface area contributed by atoms with E-state index in [1.807, 2.05) is 51.1 Å². The fourth-order valence-electron chi connectivity index (χ4n) is 3.20. The maximum atomic E-state index is 12.7. The van der Waals surface area contributed by atoms with Crippen LogP contribution >= 0.6 is 0 Å². The van der Waals surface area contributed by atoms with E-state index in [-0.39, 0.29) is 28.8 Å². The van der Waals surface area contributed by atoms with Crippen LogP contribution in [0.15, 0.2) is 71.6 Å². The molecule has 0 aliphatic heterocycles. The Bertz CT molecular complexity index is 1270. The molecule has 0 unspecified atom stereocenters. The average molecular weight is 466 g/mol. The topological polar surface area (TPSA) is 95.6 Å². The molecule has 0 aromatic heterocycles. The van der Waals surface area contributed by atoms with E-state index in [4.69, 9.17) is 0 Å². The van der Waals surface area contributed by atoms with Crippen molar-refractivity contribution in [3.8, 4) is 0 Å². The third-order valence-electron chi connectivity index (χ3n) is 5.32. The molecule has 0 saturated carbocycles. The smallest absolute Gasteiger partial charge is 0.261 e. The second-order valence-corrected chi connectivity index (χ2v) is 9.64. The summed E-state index contributed by atoms with van der Waals surface area (Å²) in [5.41, 5.74) is 4.49. The molecule has 0 spiro atoms. The summed E-state index contributed by atoms with van der Waals surface area (Å²) in [6.45, 7) is 5.66. The fourth-order valence-corrected chi connectivity index (χ4v) is 4.25. The molecule has 0 saturated heterocycles. The Hall–Kier alpha value is -3.65. The van der Waals surface area contributed by atoms with Crippen molar-refractivity contribution in [2.45, 2.75) is 25.7 Å². The number of nitrogens with one attached hydrogen (secondary N) is 2. The maximum Gasteiger partial charge on any atom is 0.261 e. The number of carbonyl (C=O) groups excluding carboxylic acids is 2. The van der Waals surface area contributed by atoms with Gasteiger partial charge in [0.25, 0.3) is 15.9 Å². The highest BCUT2D eigenvalue weighted by atomic mass is 32.2. The summed E-state index contributed by atoms with van der Waals surface area (Å²) in [6.07, 6.45) is 0. The van der Waals surface area contributed by atoms with Gasteiger partial charge in [0.2, 0.25) is 5.91 Å². The van der Waals surface area contributed by atoms with Crippen LogP contribution < -0.4 is 10.0 Å². The van der Waals surface area contributed by atoms with Gasteiger partial charge in [0.05, 0.1) is 11.4 Å². The molecule has 0 radical (unpaired) electrons. The molecular weight excluding hydrogens is 438 g/mol. The lowest BCUT2D eigenvalue weighted by Gasteiger charge is -2.18. The first-order valence-corrected chi connectivity index (χ1v) is 11.9. The standard InChI is InChI=1S/C25H27N3O4S/c1-17-8-12-21(13-9-17)27-33(31,32)22-14-10-20(11-15-22)25(30)28(4)16-24(29)26-23-7-5-6-18(2)19(23)3/h5-15,27H,16H2,1-4H3,(H,26,29). The molecule has 7 nitrogen and oxygen atoms in total. The first kappa shape index (κ1) is 24.0. The SMILES string of the molecule is Cc1ccc(NS(=O)(=O)c2ccc(C(=O)N(C)CC(=O)Nc3cccc(C)c3C)cc2)cc1. The molecule has 33 heavy (non-hydrogen) atoms.